The van der Waals surface area contributed by atoms with E-state index in [2.05, 4.69) is 40.5 Å². The Balaban J connectivity index is 1.58. The van der Waals surface area contributed by atoms with Crippen molar-refractivity contribution in [3.63, 3.8) is 0 Å². The van der Waals surface area contributed by atoms with E-state index in [1.54, 1.807) is 6.20 Å². The highest BCUT2D eigenvalue weighted by Crippen LogP contribution is 2.27. The molecule has 1 aromatic carbocycles. The van der Waals surface area contributed by atoms with Gasteiger partial charge in [0, 0.05) is 31.7 Å². The third-order valence-corrected chi connectivity index (χ3v) is 5.17. The Kier molecular flexibility index (Phi) is 7.09. The van der Waals surface area contributed by atoms with Crippen molar-refractivity contribution in [1.29, 1.82) is 0 Å². The number of halogens is 1. The van der Waals surface area contributed by atoms with Gasteiger partial charge in [0.1, 0.15) is 10.8 Å². The van der Waals surface area contributed by atoms with Gasteiger partial charge in [-0.05, 0) is 36.8 Å². The van der Waals surface area contributed by atoms with E-state index in [-0.39, 0.29) is 5.91 Å². The standard InChI is InChI=1S/C21H28ClN5O/c1-15(2)16-8-3-4-9-18(16)25-21-24-14-17(22)20(26-21)23-11-7-13-27-12-6-5-10-19(27)28/h3-4,8-9,14-15H,5-7,10-13H2,1-2H3,(H2,23,24,25,26). The van der Waals surface area contributed by atoms with Crippen LogP contribution in [0.4, 0.5) is 17.5 Å². The molecule has 0 saturated carbocycles. The Hall–Kier alpha value is -2.34. The average Bonchev–Trinajstić information content (AvgIpc) is 2.69. The molecule has 150 valence electrons. The van der Waals surface area contributed by atoms with Crippen LogP contribution in [0.15, 0.2) is 30.5 Å². The molecule has 2 aromatic rings. The van der Waals surface area contributed by atoms with Crippen LogP contribution in [-0.2, 0) is 4.79 Å². The molecule has 1 fully saturated rings. The highest BCUT2D eigenvalue weighted by molar-refractivity contribution is 6.32. The third-order valence-electron chi connectivity index (χ3n) is 4.89. The summed E-state index contributed by atoms with van der Waals surface area (Å²) in [5, 5.41) is 7.05. The molecule has 0 aliphatic carbocycles. The Morgan fingerprint density at radius 2 is 2.07 bits per heavy atom. The first kappa shape index (κ1) is 20.4. The van der Waals surface area contributed by atoms with Crippen molar-refractivity contribution in [3.8, 4) is 0 Å². The maximum absolute atomic E-state index is 11.9. The molecule has 0 atom stereocenters. The van der Waals surface area contributed by atoms with E-state index >= 15 is 0 Å². The maximum atomic E-state index is 11.9. The molecule has 1 saturated heterocycles. The summed E-state index contributed by atoms with van der Waals surface area (Å²) in [6.07, 6.45) is 5.25. The molecule has 2 heterocycles. The predicted molar refractivity (Wildman–Crippen MR) is 114 cm³/mol. The van der Waals surface area contributed by atoms with E-state index in [0.29, 0.717) is 35.7 Å². The predicted octanol–water partition coefficient (Wildman–Crippen LogP) is 4.81. The van der Waals surface area contributed by atoms with Crippen molar-refractivity contribution in [2.24, 2.45) is 0 Å². The van der Waals surface area contributed by atoms with Gasteiger partial charge in [-0.1, -0.05) is 43.6 Å². The molecule has 7 heteroatoms. The molecule has 1 aromatic heterocycles. The molecule has 0 bridgehead atoms. The van der Waals surface area contributed by atoms with Gasteiger partial charge in [0.15, 0.2) is 0 Å². The molecule has 1 amide bonds. The number of hydrogen-bond acceptors (Lipinski definition) is 5. The number of carbonyl (C=O) groups excluding carboxylic acids is 1. The highest BCUT2D eigenvalue weighted by atomic mass is 35.5. The molecule has 0 spiro atoms. The second-order valence-corrected chi connectivity index (χ2v) is 7.78. The number of amides is 1. The quantitative estimate of drug-likeness (QED) is 0.621. The second kappa shape index (κ2) is 9.73. The zero-order chi connectivity index (χ0) is 19.9. The normalized spacial score (nSPS) is 14.4. The summed E-state index contributed by atoms with van der Waals surface area (Å²) in [7, 11) is 0. The lowest BCUT2D eigenvalue weighted by atomic mass is 10.0. The third kappa shape index (κ3) is 5.35. The fraction of sp³-hybridized carbons (Fsp3) is 0.476. The minimum atomic E-state index is 0.265. The lowest BCUT2D eigenvalue weighted by Gasteiger charge is -2.26. The molecule has 1 aliphatic heterocycles. The fourth-order valence-corrected chi connectivity index (χ4v) is 3.52. The summed E-state index contributed by atoms with van der Waals surface area (Å²) in [6.45, 7) is 6.65. The fourth-order valence-electron chi connectivity index (χ4n) is 3.36. The smallest absolute Gasteiger partial charge is 0.229 e. The monoisotopic (exact) mass is 401 g/mol. The van der Waals surface area contributed by atoms with Gasteiger partial charge in [-0.2, -0.15) is 4.98 Å². The molecule has 2 N–H and O–H groups in total. The molecule has 1 aliphatic rings. The number of hydrogen-bond donors (Lipinski definition) is 2. The largest absolute Gasteiger partial charge is 0.369 e. The van der Waals surface area contributed by atoms with Gasteiger partial charge >= 0.3 is 0 Å². The molecule has 6 nitrogen and oxygen atoms in total. The van der Waals surface area contributed by atoms with Crippen LogP contribution in [0.25, 0.3) is 0 Å². The van der Waals surface area contributed by atoms with E-state index in [4.69, 9.17) is 11.6 Å². The van der Waals surface area contributed by atoms with Crippen molar-refractivity contribution < 1.29 is 4.79 Å². The zero-order valence-corrected chi connectivity index (χ0v) is 17.3. The molecule has 0 unspecified atom stereocenters. The first-order valence-corrected chi connectivity index (χ1v) is 10.3. The van der Waals surface area contributed by atoms with E-state index in [1.165, 1.54) is 5.56 Å². The van der Waals surface area contributed by atoms with Crippen molar-refractivity contribution in [2.75, 3.05) is 30.3 Å². The number of aromatic nitrogens is 2. The van der Waals surface area contributed by atoms with Crippen molar-refractivity contribution in [1.82, 2.24) is 14.9 Å². The Labute approximate surface area is 171 Å². The number of nitrogens with one attached hydrogen (secondary N) is 2. The van der Waals surface area contributed by atoms with Crippen LogP contribution < -0.4 is 10.6 Å². The van der Waals surface area contributed by atoms with Gasteiger partial charge in [0.05, 0.1) is 6.20 Å². The number of carbonyl (C=O) groups is 1. The summed E-state index contributed by atoms with van der Waals surface area (Å²) < 4.78 is 0. The summed E-state index contributed by atoms with van der Waals surface area (Å²) >= 11 is 6.25. The Morgan fingerprint density at radius 3 is 2.86 bits per heavy atom. The first-order chi connectivity index (χ1) is 13.5. The summed E-state index contributed by atoms with van der Waals surface area (Å²) in [4.78, 5) is 22.6. The van der Waals surface area contributed by atoms with Gasteiger partial charge in [0.25, 0.3) is 0 Å². The van der Waals surface area contributed by atoms with E-state index in [0.717, 1.165) is 38.0 Å². The van der Waals surface area contributed by atoms with Crippen LogP contribution in [0.5, 0.6) is 0 Å². The highest BCUT2D eigenvalue weighted by Gasteiger charge is 2.17. The van der Waals surface area contributed by atoms with Crippen molar-refractivity contribution >= 4 is 35.0 Å². The molecule has 0 radical (unpaired) electrons. The minimum Gasteiger partial charge on any atom is -0.369 e. The van der Waals surface area contributed by atoms with E-state index < -0.39 is 0 Å². The lowest BCUT2D eigenvalue weighted by Crippen LogP contribution is -2.36. The van der Waals surface area contributed by atoms with Gasteiger partial charge in [-0.25, -0.2) is 4.98 Å². The van der Waals surface area contributed by atoms with E-state index in [1.807, 2.05) is 23.1 Å². The molecular formula is C21H28ClN5O. The van der Waals surface area contributed by atoms with Crippen LogP contribution in [-0.4, -0.2) is 40.4 Å². The molecule has 3 rings (SSSR count). The molecular weight excluding hydrogens is 374 g/mol. The van der Waals surface area contributed by atoms with Crippen LogP contribution in [0.2, 0.25) is 5.02 Å². The van der Waals surface area contributed by atoms with Gasteiger partial charge in [-0.15, -0.1) is 0 Å². The Morgan fingerprint density at radius 1 is 1.25 bits per heavy atom. The number of rotatable bonds is 8. The summed E-state index contributed by atoms with van der Waals surface area (Å²) in [5.74, 6) is 1.77. The van der Waals surface area contributed by atoms with Gasteiger partial charge < -0.3 is 15.5 Å². The molecule has 28 heavy (non-hydrogen) atoms. The van der Waals surface area contributed by atoms with Gasteiger partial charge in [0.2, 0.25) is 11.9 Å². The number of benzene rings is 1. The van der Waals surface area contributed by atoms with Crippen molar-refractivity contribution in [3.05, 3.63) is 41.0 Å². The van der Waals surface area contributed by atoms with Crippen LogP contribution in [0, 0.1) is 0 Å². The van der Waals surface area contributed by atoms with Crippen molar-refractivity contribution in [2.45, 2.75) is 45.4 Å². The number of nitrogens with zero attached hydrogens (tertiary/aromatic N) is 3. The van der Waals surface area contributed by atoms with Crippen LogP contribution >= 0.6 is 11.6 Å². The van der Waals surface area contributed by atoms with Gasteiger partial charge in [-0.3, -0.25) is 4.79 Å². The van der Waals surface area contributed by atoms with Crippen LogP contribution in [0.3, 0.4) is 0 Å². The number of piperidine rings is 1. The maximum Gasteiger partial charge on any atom is 0.229 e. The number of likely N-dealkylation sites (tertiary alicyclic amines) is 1. The number of anilines is 3. The average molecular weight is 402 g/mol. The SMILES string of the molecule is CC(C)c1ccccc1Nc1ncc(Cl)c(NCCCN2CCCCC2=O)n1. The number of para-hydroxylation sites is 1. The first-order valence-electron chi connectivity index (χ1n) is 9.94. The summed E-state index contributed by atoms with van der Waals surface area (Å²) in [6, 6.07) is 8.15. The van der Waals surface area contributed by atoms with Crippen LogP contribution in [0.1, 0.15) is 51.0 Å². The minimum absolute atomic E-state index is 0.265. The zero-order valence-electron chi connectivity index (χ0n) is 16.5. The summed E-state index contributed by atoms with van der Waals surface area (Å²) in [5.41, 5.74) is 2.20. The lowest BCUT2D eigenvalue weighted by molar-refractivity contribution is -0.133. The second-order valence-electron chi connectivity index (χ2n) is 7.38. The topological polar surface area (TPSA) is 70.2 Å². The van der Waals surface area contributed by atoms with E-state index in [9.17, 15) is 4.79 Å². The Bertz CT molecular complexity index is 811.